The van der Waals surface area contributed by atoms with Crippen molar-refractivity contribution in [2.24, 2.45) is 0 Å². The molecule has 0 bridgehead atoms. The summed E-state index contributed by atoms with van der Waals surface area (Å²) in [6.45, 7) is 0. The van der Waals surface area contributed by atoms with E-state index in [2.05, 4.69) is 0 Å². The van der Waals surface area contributed by atoms with Crippen LogP contribution in [-0.4, -0.2) is 23.9 Å². The number of hydrogen-bond acceptors (Lipinski definition) is 7. The van der Waals surface area contributed by atoms with Crippen molar-refractivity contribution in [1.29, 1.82) is 0 Å². The minimum absolute atomic E-state index is 0.183. The van der Waals surface area contributed by atoms with E-state index in [1.807, 2.05) is 0 Å². The molecule has 0 aliphatic heterocycles. The summed E-state index contributed by atoms with van der Waals surface area (Å²) in [6.07, 6.45) is 0. The van der Waals surface area contributed by atoms with E-state index in [4.69, 9.17) is 14.2 Å². The lowest BCUT2D eigenvalue weighted by atomic mass is 10.2. The van der Waals surface area contributed by atoms with Gasteiger partial charge in [-0.3, -0.25) is 0 Å². The lowest BCUT2D eigenvalue weighted by Crippen LogP contribution is -2.12. The first-order valence-electron chi connectivity index (χ1n) is 10.5. The predicted molar refractivity (Wildman–Crippen MR) is 125 cm³/mol. The second-order valence-corrected chi connectivity index (χ2v) is 7.24. The highest BCUT2D eigenvalue weighted by Gasteiger charge is 2.16. The molecule has 0 aliphatic rings. The number of benzene rings is 4. The van der Waals surface area contributed by atoms with Gasteiger partial charge in [0.05, 0.1) is 22.3 Å². The summed E-state index contributed by atoms with van der Waals surface area (Å²) in [6, 6.07) is 28.5. The maximum atomic E-state index is 12.2. The van der Waals surface area contributed by atoms with Gasteiger partial charge in [-0.1, -0.05) is 36.4 Å². The van der Waals surface area contributed by atoms with Gasteiger partial charge in [-0.15, -0.1) is 0 Å². The standard InChI is InChI=1S/C28H18O7/c29-25(19-7-3-1-4-8-19)34-27(31)21-11-15-23(16-12-21)33-24-17-13-22(14-18-24)28(32)35-26(30)20-9-5-2-6-10-20/h1-18H. The van der Waals surface area contributed by atoms with Gasteiger partial charge in [0.15, 0.2) is 0 Å². The normalized spacial score (nSPS) is 10.2. The molecular weight excluding hydrogens is 448 g/mol. The number of esters is 4. The van der Waals surface area contributed by atoms with Crippen LogP contribution in [0.2, 0.25) is 0 Å². The highest BCUT2D eigenvalue weighted by atomic mass is 16.6. The summed E-state index contributed by atoms with van der Waals surface area (Å²) in [5, 5.41) is 0. The number of ether oxygens (including phenoxy) is 3. The van der Waals surface area contributed by atoms with Crippen molar-refractivity contribution in [3.8, 4) is 11.5 Å². The zero-order valence-electron chi connectivity index (χ0n) is 18.3. The van der Waals surface area contributed by atoms with Gasteiger partial charge in [0.2, 0.25) is 0 Å². The topological polar surface area (TPSA) is 96.0 Å². The van der Waals surface area contributed by atoms with Gasteiger partial charge in [0, 0.05) is 0 Å². The van der Waals surface area contributed by atoms with Crippen molar-refractivity contribution >= 4 is 23.9 Å². The van der Waals surface area contributed by atoms with Crippen LogP contribution in [0.1, 0.15) is 41.4 Å². The highest BCUT2D eigenvalue weighted by Crippen LogP contribution is 2.23. The second-order valence-electron chi connectivity index (χ2n) is 7.24. The van der Waals surface area contributed by atoms with Crippen LogP contribution >= 0.6 is 0 Å². The average molecular weight is 466 g/mol. The Kier molecular flexibility index (Phi) is 7.08. The van der Waals surface area contributed by atoms with Crippen LogP contribution in [0.15, 0.2) is 109 Å². The minimum atomic E-state index is -0.779. The van der Waals surface area contributed by atoms with Gasteiger partial charge in [-0.2, -0.15) is 0 Å². The highest BCUT2D eigenvalue weighted by molar-refractivity contribution is 6.03. The van der Waals surface area contributed by atoms with E-state index in [-0.39, 0.29) is 22.3 Å². The summed E-state index contributed by atoms with van der Waals surface area (Å²) in [7, 11) is 0. The molecule has 0 saturated heterocycles. The predicted octanol–water partition coefficient (Wildman–Crippen LogP) is 5.47. The first kappa shape index (κ1) is 23.1. The van der Waals surface area contributed by atoms with E-state index >= 15 is 0 Å². The van der Waals surface area contributed by atoms with Crippen LogP contribution in [-0.2, 0) is 9.47 Å². The van der Waals surface area contributed by atoms with Gasteiger partial charge in [0.1, 0.15) is 11.5 Å². The monoisotopic (exact) mass is 466 g/mol. The minimum Gasteiger partial charge on any atom is -0.457 e. The Morgan fingerprint density at radius 1 is 0.371 bits per heavy atom. The molecule has 0 amide bonds. The smallest absolute Gasteiger partial charge is 0.346 e. The molecule has 0 unspecified atom stereocenters. The second kappa shape index (κ2) is 10.7. The van der Waals surface area contributed by atoms with Crippen molar-refractivity contribution < 1.29 is 33.4 Å². The zero-order chi connectivity index (χ0) is 24.6. The Balaban J connectivity index is 1.33. The molecule has 7 heteroatoms. The molecule has 0 spiro atoms. The van der Waals surface area contributed by atoms with Gasteiger partial charge < -0.3 is 14.2 Å². The van der Waals surface area contributed by atoms with Crippen LogP contribution in [0.3, 0.4) is 0 Å². The van der Waals surface area contributed by atoms with Crippen molar-refractivity contribution in [2.75, 3.05) is 0 Å². The van der Waals surface area contributed by atoms with E-state index in [1.165, 1.54) is 24.3 Å². The van der Waals surface area contributed by atoms with E-state index in [9.17, 15) is 19.2 Å². The molecule has 0 N–H and O–H groups in total. The Hall–Kier alpha value is -5.04. The van der Waals surface area contributed by atoms with Gasteiger partial charge >= 0.3 is 23.9 Å². The molecule has 172 valence electrons. The van der Waals surface area contributed by atoms with Gasteiger partial charge in [0.25, 0.3) is 0 Å². The lowest BCUT2D eigenvalue weighted by Gasteiger charge is -2.08. The summed E-state index contributed by atoms with van der Waals surface area (Å²) in [4.78, 5) is 48.5. The third kappa shape index (κ3) is 6.06. The Labute approximate surface area is 200 Å². The summed E-state index contributed by atoms with van der Waals surface area (Å²) in [5.74, 6) is -2.19. The largest absolute Gasteiger partial charge is 0.457 e. The first-order chi connectivity index (χ1) is 17.0. The van der Waals surface area contributed by atoms with E-state index in [0.29, 0.717) is 11.5 Å². The van der Waals surface area contributed by atoms with E-state index in [1.54, 1.807) is 84.9 Å². The summed E-state index contributed by atoms with van der Waals surface area (Å²) < 4.78 is 15.5. The third-order valence-electron chi connectivity index (χ3n) is 4.81. The van der Waals surface area contributed by atoms with Crippen LogP contribution in [0.25, 0.3) is 0 Å². The summed E-state index contributed by atoms with van der Waals surface area (Å²) >= 11 is 0. The molecular formula is C28H18O7. The Bertz CT molecular complexity index is 1240. The average Bonchev–Trinajstić information content (AvgIpc) is 2.90. The van der Waals surface area contributed by atoms with Crippen molar-refractivity contribution in [3.63, 3.8) is 0 Å². The fraction of sp³-hybridized carbons (Fsp3) is 0. The molecule has 0 fully saturated rings. The Morgan fingerprint density at radius 3 is 0.971 bits per heavy atom. The molecule has 4 aromatic rings. The zero-order valence-corrected chi connectivity index (χ0v) is 18.3. The number of hydrogen-bond donors (Lipinski definition) is 0. The maximum Gasteiger partial charge on any atom is 0.346 e. The van der Waals surface area contributed by atoms with Crippen LogP contribution in [0.4, 0.5) is 0 Å². The Morgan fingerprint density at radius 2 is 0.657 bits per heavy atom. The quantitative estimate of drug-likeness (QED) is 0.274. The molecule has 4 aromatic carbocycles. The van der Waals surface area contributed by atoms with E-state index in [0.717, 1.165) is 0 Å². The fourth-order valence-electron chi connectivity index (χ4n) is 3.01. The molecule has 0 heterocycles. The van der Waals surface area contributed by atoms with Gasteiger partial charge in [-0.05, 0) is 72.8 Å². The van der Waals surface area contributed by atoms with Gasteiger partial charge in [-0.25, -0.2) is 19.2 Å². The molecule has 4 rings (SSSR count). The van der Waals surface area contributed by atoms with E-state index < -0.39 is 23.9 Å². The maximum absolute atomic E-state index is 12.2. The molecule has 0 aromatic heterocycles. The summed E-state index contributed by atoms with van der Waals surface area (Å²) in [5.41, 5.74) is 0.917. The van der Waals surface area contributed by atoms with Crippen molar-refractivity contribution in [1.82, 2.24) is 0 Å². The van der Waals surface area contributed by atoms with Crippen LogP contribution in [0, 0.1) is 0 Å². The number of rotatable bonds is 6. The first-order valence-corrected chi connectivity index (χ1v) is 10.5. The lowest BCUT2D eigenvalue weighted by molar-refractivity contribution is 0.0380. The number of carbonyl (C=O) groups excluding carboxylic acids is 4. The molecule has 0 radical (unpaired) electrons. The SMILES string of the molecule is O=C(OC(=O)c1ccc(Oc2ccc(C(=O)OC(=O)c3ccccc3)cc2)cc1)c1ccccc1. The molecule has 35 heavy (non-hydrogen) atoms. The van der Waals surface area contributed by atoms with Crippen molar-refractivity contribution in [2.45, 2.75) is 0 Å². The number of carbonyl (C=O) groups is 4. The van der Waals surface area contributed by atoms with Crippen LogP contribution < -0.4 is 4.74 Å². The fourth-order valence-corrected chi connectivity index (χ4v) is 3.01. The molecule has 7 nitrogen and oxygen atoms in total. The third-order valence-corrected chi connectivity index (χ3v) is 4.81. The molecule has 0 aliphatic carbocycles. The molecule has 0 saturated carbocycles. The molecule has 0 atom stereocenters. The van der Waals surface area contributed by atoms with Crippen LogP contribution in [0.5, 0.6) is 11.5 Å². The van der Waals surface area contributed by atoms with Crippen molar-refractivity contribution in [3.05, 3.63) is 131 Å².